The van der Waals surface area contributed by atoms with E-state index in [0.29, 0.717) is 30.6 Å². The highest BCUT2D eigenvalue weighted by Crippen LogP contribution is 2.31. The fourth-order valence-electron chi connectivity index (χ4n) is 2.62. The van der Waals surface area contributed by atoms with Crippen LogP contribution < -0.4 is 29.6 Å². The number of alkyl halides is 3. The summed E-state index contributed by atoms with van der Waals surface area (Å²) in [5.74, 6) is 1.94. The molecule has 0 fully saturated rings. The highest BCUT2D eigenvalue weighted by Gasteiger charge is 2.29. The molecule has 0 aliphatic rings. The number of anilines is 1. The number of benzene rings is 2. The Kier molecular flexibility index (Phi) is 8.65. The Labute approximate surface area is 179 Å². The highest BCUT2D eigenvalue weighted by atomic mass is 19.4. The second kappa shape index (κ2) is 11.2. The lowest BCUT2D eigenvalue weighted by molar-refractivity contribution is -0.153. The van der Waals surface area contributed by atoms with Crippen molar-refractivity contribution in [2.45, 2.75) is 19.6 Å². The van der Waals surface area contributed by atoms with Crippen molar-refractivity contribution in [3.8, 4) is 23.0 Å². The molecule has 0 atom stereocenters. The molecule has 0 unspecified atom stereocenters. The summed E-state index contributed by atoms with van der Waals surface area (Å²) in [4.78, 5) is 4.17. The lowest BCUT2D eigenvalue weighted by Crippen LogP contribution is -2.30. The van der Waals surface area contributed by atoms with Crippen LogP contribution >= 0.6 is 0 Å². The van der Waals surface area contributed by atoms with E-state index in [0.717, 1.165) is 11.3 Å². The molecule has 31 heavy (non-hydrogen) atoms. The first-order chi connectivity index (χ1) is 14.8. The Morgan fingerprint density at radius 1 is 0.935 bits per heavy atom. The standard InChI is InChI=1S/C21H26F3N3O4/c1-5-30-16-9-7-15(11-19(16)29-4)27-20(25-2)26-12-14-6-8-17(18(10-14)28-3)31-13-21(22,23)24/h6-11H,5,12-13H2,1-4H3,(H2,25,26,27). The maximum absolute atomic E-state index is 12.4. The minimum Gasteiger partial charge on any atom is -0.493 e. The Morgan fingerprint density at radius 3 is 2.19 bits per heavy atom. The lowest BCUT2D eigenvalue weighted by atomic mass is 10.2. The van der Waals surface area contributed by atoms with Crippen molar-refractivity contribution in [1.82, 2.24) is 5.32 Å². The summed E-state index contributed by atoms with van der Waals surface area (Å²) in [6.45, 7) is 1.38. The molecule has 0 spiro atoms. The van der Waals surface area contributed by atoms with E-state index in [1.165, 1.54) is 13.2 Å². The zero-order valence-corrected chi connectivity index (χ0v) is 17.8. The molecule has 2 N–H and O–H groups in total. The Balaban J connectivity index is 2.02. The summed E-state index contributed by atoms with van der Waals surface area (Å²) >= 11 is 0. The van der Waals surface area contributed by atoms with Gasteiger partial charge < -0.3 is 29.6 Å². The number of ether oxygens (including phenoxy) is 4. The number of hydrogen-bond acceptors (Lipinski definition) is 5. The van der Waals surface area contributed by atoms with Crippen LogP contribution in [0.5, 0.6) is 23.0 Å². The average Bonchev–Trinajstić information content (AvgIpc) is 2.75. The molecule has 0 saturated carbocycles. The van der Waals surface area contributed by atoms with Crippen molar-refractivity contribution in [2.75, 3.05) is 39.8 Å². The first-order valence-electron chi connectivity index (χ1n) is 9.44. The zero-order valence-electron chi connectivity index (χ0n) is 17.8. The largest absolute Gasteiger partial charge is 0.493 e. The van der Waals surface area contributed by atoms with Gasteiger partial charge in [0.25, 0.3) is 0 Å². The van der Waals surface area contributed by atoms with Gasteiger partial charge >= 0.3 is 6.18 Å². The van der Waals surface area contributed by atoms with E-state index in [-0.39, 0.29) is 11.5 Å². The van der Waals surface area contributed by atoms with Crippen LogP contribution in [0.15, 0.2) is 41.4 Å². The predicted octanol–water partition coefficient (Wildman–Crippen LogP) is 4.23. The van der Waals surface area contributed by atoms with E-state index in [2.05, 4.69) is 15.6 Å². The monoisotopic (exact) mass is 441 g/mol. The highest BCUT2D eigenvalue weighted by molar-refractivity contribution is 5.93. The van der Waals surface area contributed by atoms with Gasteiger partial charge in [-0.1, -0.05) is 6.07 Å². The van der Waals surface area contributed by atoms with Crippen LogP contribution in [-0.2, 0) is 6.54 Å². The van der Waals surface area contributed by atoms with Crippen molar-refractivity contribution in [3.63, 3.8) is 0 Å². The van der Waals surface area contributed by atoms with Gasteiger partial charge in [0.1, 0.15) is 0 Å². The van der Waals surface area contributed by atoms with E-state index in [9.17, 15) is 13.2 Å². The smallest absolute Gasteiger partial charge is 0.422 e. The van der Waals surface area contributed by atoms with E-state index in [4.69, 9.17) is 18.9 Å². The minimum atomic E-state index is -4.42. The van der Waals surface area contributed by atoms with E-state index < -0.39 is 12.8 Å². The predicted molar refractivity (Wildman–Crippen MR) is 113 cm³/mol. The SMILES string of the molecule is CCOc1ccc(NC(=NC)NCc2ccc(OCC(F)(F)F)c(OC)c2)cc1OC. The molecular formula is C21H26F3N3O4. The van der Waals surface area contributed by atoms with Crippen LogP contribution in [0.2, 0.25) is 0 Å². The van der Waals surface area contributed by atoms with Gasteiger partial charge in [0, 0.05) is 25.3 Å². The summed E-state index contributed by atoms with van der Waals surface area (Å²) in [5, 5.41) is 6.27. The molecule has 0 radical (unpaired) electrons. The molecule has 2 rings (SSSR count). The Hall–Kier alpha value is -3.30. The summed E-state index contributed by atoms with van der Waals surface area (Å²) < 4.78 is 57.9. The molecular weight excluding hydrogens is 415 g/mol. The van der Waals surface area contributed by atoms with Crippen molar-refractivity contribution in [2.24, 2.45) is 4.99 Å². The van der Waals surface area contributed by atoms with Crippen LogP contribution in [0.25, 0.3) is 0 Å². The maximum atomic E-state index is 12.4. The third-order valence-electron chi connectivity index (χ3n) is 4.03. The molecule has 2 aromatic carbocycles. The van der Waals surface area contributed by atoms with Gasteiger partial charge in [-0.25, -0.2) is 0 Å². The van der Waals surface area contributed by atoms with Crippen LogP contribution in [0, 0.1) is 0 Å². The number of methoxy groups -OCH3 is 2. The maximum Gasteiger partial charge on any atom is 0.422 e. The fourth-order valence-corrected chi connectivity index (χ4v) is 2.62. The second-order valence-corrected chi connectivity index (χ2v) is 6.24. The zero-order chi connectivity index (χ0) is 22.9. The third kappa shape index (κ3) is 7.47. The molecule has 10 heteroatoms. The van der Waals surface area contributed by atoms with E-state index in [1.807, 2.05) is 13.0 Å². The third-order valence-corrected chi connectivity index (χ3v) is 4.03. The number of guanidine groups is 1. The van der Waals surface area contributed by atoms with Crippen molar-refractivity contribution in [3.05, 3.63) is 42.0 Å². The Morgan fingerprint density at radius 2 is 1.58 bits per heavy atom. The van der Waals surface area contributed by atoms with Gasteiger partial charge in [-0.2, -0.15) is 13.2 Å². The van der Waals surface area contributed by atoms with Gasteiger partial charge in [-0.3, -0.25) is 4.99 Å². The van der Waals surface area contributed by atoms with E-state index in [1.54, 1.807) is 38.4 Å². The van der Waals surface area contributed by atoms with Crippen LogP contribution in [-0.4, -0.2) is 46.6 Å². The topological polar surface area (TPSA) is 73.3 Å². The molecule has 2 aromatic rings. The lowest BCUT2D eigenvalue weighted by Gasteiger charge is -2.16. The van der Waals surface area contributed by atoms with Gasteiger partial charge in [0.2, 0.25) is 0 Å². The first-order valence-corrected chi connectivity index (χ1v) is 9.44. The van der Waals surface area contributed by atoms with Crippen LogP contribution in [0.3, 0.4) is 0 Å². The molecule has 0 bridgehead atoms. The summed E-state index contributed by atoms with van der Waals surface area (Å²) in [7, 11) is 4.55. The number of hydrogen-bond donors (Lipinski definition) is 2. The number of nitrogens with one attached hydrogen (secondary N) is 2. The Bertz CT molecular complexity index is 889. The first kappa shape index (κ1) is 24.0. The van der Waals surface area contributed by atoms with Gasteiger partial charge in [-0.05, 0) is 36.8 Å². The molecule has 0 aliphatic heterocycles. The molecule has 0 aliphatic carbocycles. The number of aliphatic imine (C=N–C) groups is 1. The molecule has 0 heterocycles. The number of halogens is 3. The fraction of sp³-hybridized carbons (Fsp3) is 0.381. The second-order valence-electron chi connectivity index (χ2n) is 6.24. The summed E-state index contributed by atoms with van der Waals surface area (Å²) in [6, 6.07) is 10.1. The average molecular weight is 441 g/mol. The van der Waals surface area contributed by atoms with Crippen molar-refractivity contribution in [1.29, 1.82) is 0 Å². The molecule has 0 amide bonds. The summed E-state index contributed by atoms with van der Waals surface area (Å²) in [5.41, 5.74) is 1.50. The molecule has 0 saturated heterocycles. The molecule has 7 nitrogen and oxygen atoms in total. The molecule has 0 aromatic heterocycles. The minimum absolute atomic E-state index is 0.0209. The van der Waals surface area contributed by atoms with Crippen LogP contribution in [0.1, 0.15) is 12.5 Å². The summed E-state index contributed by atoms with van der Waals surface area (Å²) in [6.07, 6.45) is -4.42. The normalized spacial score (nSPS) is 11.6. The van der Waals surface area contributed by atoms with Crippen LogP contribution in [0.4, 0.5) is 18.9 Å². The quantitative estimate of drug-likeness (QED) is 0.448. The molecule has 170 valence electrons. The van der Waals surface area contributed by atoms with Crippen molar-refractivity contribution < 1.29 is 32.1 Å². The number of rotatable bonds is 9. The van der Waals surface area contributed by atoms with Gasteiger partial charge in [-0.15, -0.1) is 0 Å². The van der Waals surface area contributed by atoms with E-state index >= 15 is 0 Å². The van der Waals surface area contributed by atoms with Crippen molar-refractivity contribution >= 4 is 11.6 Å². The van der Waals surface area contributed by atoms with Gasteiger partial charge in [0.15, 0.2) is 35.6 Å². The van der Waals surface area contributed by atoms with Gasteiger partial charge in [0.05, 0.1) is 20.8 Å². The number of nitrogens with zero attached hydrogens (tertiary/aromatic N) is 1.